The summed E-state index contributed by atoms with van der Waals surface area (Å²) in [6.07, 6.45) is 4.45. The molecule has 1 heterocycles. The Morgan fingerprint density at radius 1 is 1.20 bits per heavy atom. The summed E-state index contributed by atoms with van der Waals surface area (Å²) < 4.78 is 10.9. The van der Waals surface area contributed by atoms with Crippen LogP contribution < -0.4 is 20.1 Å². The van der Waals surface area contributed by atoms with Crippen LogP contribution >= 0.6 is 0 Å². The number of aliphatic imine (C=N–C) groups is 1. The molecule has 1 aliphatic carbocycles. The van der Waals surface area contributed by atoms with Gasteiger partial charge in [0.1, 0.15) is 11.5 Å². The molecule has 1 fully saturated rings. The van der Waals surface area contributed by atoms with Crippen molar-refractivity contribution in [2.75, 3.05) is 20.7 Å². The van der Waals surface area contributed by atoms with Crippen LogP contribution in [0.2, 0.25) is 0 Å². The lowest BCUT2D eigenvalue weighted by Crippen LogP contribution is -2.37. The van der Waals surface area contributed by atoms with Crippen molar-refractivity contribution >= 4 is 5.96 Å². The van der Waals surface area contributed by atoms with Crippen molar-refractivity contribution in [2.24, 2.45) is 10.9 Å². The molecule has 0 spiro atoms. The zero-order valence-corrected chi connectivity index (χ0v) is 14.7. The topological polar surface area (TPSA) is 67.8 Å². The minimum Gasteiger partial charge on any atom is -0.497 e. The normalized spacial score (nSPS) is 14.1. The molecule has 0 bridgehead atoms. The Hall–Kier alpha value is -2.76. The Morgan fingerprint density at radius 2 is 2.04 bits per heavy atom. The van der Waals surface area contributed by atoms with Gasteiger partial charge in [-0.25, -0.2) is 4.98 Å². The summed E-state index contributed by atoms with van der Waals surface area (Å²) in [6, 6.07) is 11.3. The minimum absolute atomic E-state index is 0.549. The second-order valence-electron chi connectivity index (χ2n) is 6.04. The number of hydrogen-bond acceptors (Lipinski definition) is 4. The second-order valence-corrected chi connectivity index (χ2v) is 6.04. The quantitative estimate of drug-likeness (QED) is 0.599. The van der Waals surface area contributed by atoms with Crippen LogP contribution in [0.25, 0.3) is 0 Å². The largest absolute Gasteiger partial charge is 0.497 e. The maximum absolute atomic E-state index is 5.75. The molecule has 3 rings (SSSR count). The number of hydrogen-bond donors (Lipinski definition) is 2. The third-order valence-electron chi connectivity index (χ3n) is 4.00. The highest BCUT2D eigenvalue weighted by atomic mass is 16.5. The van der Waals surface area contributed by atoms with Gasteiger partial charge in [0.2, 0.25) is 5.88 Å². The van der Waals surface area contributed by atoms with Crippen LogP contribution in [0.4, 0.5) is 0 Å². The number of aromatic nitrogens is 1. The van der Waals surface area contributed by atoms with Crippen molar-refractivity contribution in [3.63, 3.8) is 0 Å². The van der Waals surface area contributed by atoms with Crippen LogP contribution in [0.1, 0.15) is 18.4 Å². The fourth-order valence-electron chi connectivity index (χ4n) is 2.33. The zero-order chi connectivity index (χ0) is 17.5. The van der Waals surface area contributed by atoms with Crippen molar-refractivity contribution in [1.29, 1.82) is 0 Å². The molecule has 0 saturated heterocycles. The Kier molecular flexibility index (Phi) is 5.72. The summed E-state index contributed by atoms with van der Waals surface area (Å²) in [4.78, 5) is 8.58. The molecular formula is C19H24N4O2. The lowest BCUT2D eigenvalue weighted by molar-refractivity contribution is 0.407. The van der Waals surface area contributed by atoms with Crippen LogP contribution in [0.15, 0.2) is 47.6 Å². The van der Waals surface area contributed by atoms with Gasteiger partial charge in [-0.05, 0) is 36.5 Å². The molecule has 0 amide bonds. The molecule has 0 atom stereocenters. The number of benzene rings is 1. The number of pyridine rings is 1. The molecule has 0 unspecified atom stereocenters. The minimum atomic E-state index is 0.549. The zero-order valence-electron chi connectivity index (χ0n) is 14.7. The van der Waals surface area contributed by atoms with Gasteiger partial charge in [-0.1, -0.05) is 12.1 Å². The third-order valence-corrected chi connectivity index (χ3v) is 4.00. The van der Waals surface area contributed by atoms with Crippen LogP contribution in [-0.2, 0) is 6.54 Å². The van der Waals surface area contributed by atoms with Gasteiger partial charge in [-0.3, -0.25) is 4.99 Å². The Morgan fingerprint density at radius 3 is 2.72 bits per heavy atom. The van der Waals surface area contributed by atoms with E-state index in [1.165, 1.54) is 12.8 Å². The van der Waals surface area contributed by atoms with Gasteiger partial charge in [0.25, 0.3) is 0 Å². The first kappa shape index (κ1) is 17.1. The van der Waals surface area contributed by atoms with E-state index in [-0.39, 0.29) is 0 Å². The van der Waals surface area contributed by atoms with Gasteiger partial charge in [0, 0.05) is 38.5 Å². The lowest BCUT2D eigenvalue weighted by atomic mass is 10.3. The van der Waals surface area contributed by atoms with Crippen molar-refractivity contribution in [3.8, 4) is 17.4 Å². The molecule has 25 heavy (non-hydrogen) atoms. The standard InChI is InChI=1S/C19H24N4O2/c1-20-19(22-11-14-6-7-14)23-13-15-8-9-18(21-12-15)25-17-5-3-4-16(10-17)24-2/h3-5,8-10,12,14H,6-7,11,13H2,1-2H3,(H2,20,22,23). The maximum Gasteiger partial charge on any atom is 0.219 e. The lowest BCUT2D eigenvalue weighted by Gasteiger charge is -2.11. The van der Waals surface area contributed by atoms with E-state index in [1.807, 2.05) is 36.4 Å². The Bertz CT molecular complexity index is 712. The van der Waals surface area contributed by atoms with E-state index in [9.17, 15) is 0 Å². The molecule has 1 aromatic heterocycles. The van der Waals surface area contributed by atoms with E-state index in [1.54, 1.807) is 20.4 Å². The summed E-state index contributed by atoms with van der Waals surface area (Å²) in [5.41, 5.74) is 1.06. The Balaban J connectivity index is 1.50. The number of guanidine groups is 1. The second kappa shape index (κ2) is 8.37. The van der Waals surface area contributed by atoms with Crippen LogP contribution in [0, 0.1) is 5.92 Å². The van der Waals surface area contributed by atoms with Crippen LogP contribution in [-0.4, -0.2) is 31.6 Å². The van der Waals surface area contributed by atoms with Gasteiger partial charge in [0.15, 0.2) is 5.96 Å². The van der Waals surface area contributed by atoms with Crippen molar-refractivity contribution in [3.05, 3.63) is 48.2 Å². The van der Waals surface area contributed by atoms with Gasteiger partial charge in [-0.15, -0.1) is 0 Å². The number of nitrogens with one attached hydrogen (secondary N) is 2. The molecule has 2 N–H and O–H groups in total. The Labute approximate surface area is 148 Å². The van der Waals surface area contributed by atoms with E-state index in [2.05, 4.69) is 20.6 Å². The van der Waals surface area contributed by atoms with E-state index in [0.29, 0.717) is 18.2 Å². The molecule has 0 radical (unpaired) electrons. The highest BCUT2D eigenvalue weighted by molar-refractivity contribution is 5.79. The molecule has 6 nitrogen and oxygen atoms in total. The summed E-state index contributed by atoms with van der Waals surface area (Å²) >= 11 is 0. The number of nitrogens with zero attached hydrogens (tertiary/aromatic N) is 2. The fraction of sp³-hybridized carbons (Fsp3) is 0.368. The van der Waals surface area contributed by atoms with Gasteiger partial charge >= 0.3 is 0 Å². The molecule has 1 aliphatic rings. The summed E-state index contributed by atoms with van der Waals surface area (Å²) in [5.74, 6) is 3.64. The highest BCUT2D eigenvalue weighted by Gasteiger charge is 2.20. The predicted molar refractivity (Wildman–Crippen MR) is 98.2 cm³/mol. The average Bonchev–Trinajstić information content (AvgIpc) is 3.48. The number of rotatable bonds is 7. The van der Waals surface area contributed by atoms with Gasteiger partial charge in [0.05, 0.1) is 7.11 Å². The maximum atomic E-state index is 5.75. The van der Waals surface area contributed by atoms with Gasteiger partial charge < -0.3 is 20.1 Å². The van der Waals surface area contributed by atoms with Crippen molar-refractivity contribution in [2.45, 2.75) is 19.4 Å². The van der Waals surface area contributed by atoms with E-state index in [4.69, 9.17) is 9.47 Å². The summed E-state index contributed by atoms with van der Waals surface area (Å²) in [5, 5.41) is 6.63. The van der Waals surface area contributed by atoms with E-state index in [0.717, 1.165) is 29.7 Å². The monoisotopic (exact) mass is 340 g/mol. The number of ether oxygens (including phenoxy) is 2. The van der Waals surface area contributed by atoms with Gasteiger partial charge in [-0.2, -0.15) is 0 Å². The first-order valence-electron chi connectivity index (χ1n) is 8.48. The van der Waals surface area contributed by atoms with Crippen LogP contribution in [0.3, 0.4) is 0 Å². The number of methoxy groups -OCH3 is 1. The summed E-state index contributed by atoms with van der Waals surface area (Å²) in [7, 11) is 3.41. The first-order chi connectivity index (χ1) is 12.3. The summed E-state index contributed by atoms with van der Waals surface area (Å²) in [6.45, 7) is 1.65. The van der Waals surface area contributed by atoms with Crippen molar-refractivity contribution in [1.82, 2.24) is 15.6 Å². The molecule has 6 heteroatoms. The predicted octanol–water partition coefficient (Wildman–Crippen LogP) is 2.96. The van der Waals surface area contributed by atoms with Crippen LogP contribution in [0.5, 0.6) is 17.4 Å². The molecule has 0 aliphatic heterocycles. The van der Waals surface area contributed by atoms with E-state index < -0.39 is 0 Å². The first-order valence-corrected chi connectivity index (χ1v) is 8.48. The molecular weight excluding hydrogens is 316 g/mol. The molecule has 1 saturated carbocycles. The molecule has 1 aromatic carbocycles. The fourth-order valence-corrected chi connectivity index (χ4v) is 2.33. The molecule has 2 aromatic rings. The highest BCUT2D eigenvalue weighted by Crippen LogP contribution is 2.27. The van der Waals surface area contributed by atoms with E-state index >= 15 is 0 Å². The van der Waals surface area contributed by atoms with Crippen molar-refractivity contribution < 1.29 is 9.47 Å². The smallest absolute Gasteiger partial charge is 0.219 e. The third kappa shape index (κ3) is 5.38. The SMILES string of the molecule is CN=C(NCc1ccc(Oc2cccc(OC)c2)nc1)NCC1CC1. The average molecular weight is 340 g/mol. The molecule has 132 valence electrons.